The van der Waals surface area contributed by atoms with E-state index in [0.717, 1.165) is 10.9 Å². The van der Waals surface area contributed by atoms with Crippen LogP contribution in [0.4, 0.5) is 15.8 Å². The van der Waals surface area contributed by atoms with Gasteiger partial charge in [0.1, 0.15) is 0 Å². The summed E-state index contributed by atoms with van der Waals surface area (Å²) in [5.41, 5.74) is 14.5. The van der Waals surface area contributed by atoms with Gasteiger partial charge in [0.25, 0.3) is 0 Å². The second-order valence-corrected chi connectivity index (χ2v) is 4.86. The van der Waals surface area contributed by atoms with Crippen LogP contribution in [0, 0.1) is 5.82 Å². The van der Waals surface area contributed by atoms with Crippen LogP contribution in [0.3, 0.4) is 0 Å². The molecule has 0 fully saturated rings. The molecule has 4 nitrogen and oxygen atoms in total. The van der Waals surface area contributed by atoms with Crippen molar-refractivity contribution in [2.75, 3.05) is 11.5 Å². The highest BCUT2D eigenvalue weighted by atomic mass is 19.1. The lowest BCUT2D eigenvalue weighted by molar-refractivity contribution is 0.637. The Morgan fingerprint density at radius 2 is 1.90 bits per heavy atom. The van der Waals surface area contributed by atoms with Crippen LogP contribution in [0.5, 0.6) is 0 Å². The second-order valence-electron chi connectivity index (χ2n) is 4.86. The van der Waals surface area contributed by atoms with Crippen LogP contribution in [-0.2, 0) is 6.42 Å². The van der Waals surface area contributed by atoms with E-state index in [1.807, 2.05) is 6.92 Å². The van der Waals surface area contributed by atoms with Crippen LogP contribution in [0.2, 0.25) is 0 Å². The zero-order valence-corrected chi connectivity index (χ0v) is 11.6. The topological polar surface area (TPSA) is 77.8 Å². The van der Waals surface area contributed by atoms with Crippen molar-refractivity contribution in [1.29, 1.82) is 0 Å². The van der Waals surface area contributed by atoms with Crippen LogP contribution in [-0.4, -0.2) is 9.97 Å². The van der Waals surface area contributed by atoms with Gasteiger partial charge in [-0.1, -0.05) is 6.92 Å². The molecule has 0 amide bonds. The molecule has 2 heterocycles. The molecule has 0 bridgehead atoms. The molecule has 21 heavy (non-hydrogen) atoms. The highest BCUT2D eigenvalue weighted by Gasteiger charge is 2.16. The van der Waals surface area contributed by atoms with Crippen LogP contribution in [0.15, 0.2) is 36.9 Å². The van der Waals surface area contributed by atoms with Crippen molar-refractivity contribution in [3.63, 3.8) is 0 Å². The molecule has 3 aromatic rings. The number of hydrogen-bond donors (Lipinski definition) is 2. The molecule has 4 N–H and O–H groups in total. The van der Waals surface area contributed by atoms with E-state index >= 15 is 0 Å². The van der Waals surface area contributed by atoms with Gasteiger partial charge in [-0.25, -0.2) is 4.39 Å². The summed E-state index contributed by atoms with van der Waals surface area (Å²) < 4.78 is 14.6. The van der Waals surface area contributed by atoms with E-state index in [4.69, 9.17) is 11.5 Å². The molecule has 0 aliphatic carbocycles. The van der Waals surface area contributed by atoms with Gasteiger partial charge in [-0.05, 0) is 29.5 Å². The number of fused-ring (bicyclic) bond motifs is 1. The van der Waals surface area contributed by atoms with E-state index in [-0.39, 0.29) is 5.69 Å². The molecular formula is C16H15FN4. The first kappa shape index (κ1) is 13.3. The number of pyridine rings is 2. The summed E-state index contributed by atoms with van der Waals surface area (Å²) in [6, 6.07) is 3.57. The number of halogens is 1. The second kappa shape index (κ2) is 5.01. The van der Waals surface area contributed by atoms with Gasteiger partial charge in [-0.2, -0.15) is 0 Å². The number of nitrogens with two attached hydrogens (primary N) is 2. The van der Waals surface area contributed by atoms with E-state index in [9.17, 15) is 4.39 Å². The Morgan fingerprint density at radius 1 is 1.10 bits per heavy atom. The van der Waals surface area contributed by atoms with Crippen molar-refractivity contribution in [3.05, 3.63) is 48.3 Å². The van der Waals surface area contributed by atoms with Gasteiger partial charge in [0.15, 0.2) is 5.82 Å². The monoisotopic (exact) mass is 282 g/mol. The van der Waals surface area contributed by atoms with Crippen molar-refractivity contribution in [2.45, 2.75) is 13.3 Å². The summed E-state index contributed by atoms with van der Waals surface area (Å²) in [4.78, 5) is 8.06. The van der Waals surface area contributed by atoms with E-state index in [1.54, 1.807) is 36.9 Å². The fourth-order valence-electron chi connectivity index (χ4n) is 2.56. The molecule has 2 aromatic heterocycles. The molecule has 0 radical (unpaired) electrons. The smallest absolute Gasteiger partial charge is 0.154 e. The summed E-state index contributed by atoms with van der Waals surface area (Å²) in [5, 5.41) is 1.44. The normalized spacial score (nSPS) is 11.0. The molecule has 0 saturated heterocycles. The number of benzene rings is 1. The zero-order valence-electron chi connectivity index (χ0n) is 11.6. The maximum absolute atomic E-state index is 14.6. The molecule has 0 unspecified atom stereocenters. The Bertz CT molecular complexity index is 830. The van der Waals surface area contributed by atoms with Gasteiger partial charge >= 0.3 is 0 Å². The first-order chi connectivity index (χ1) is 10.1. The van der Waals surface area contributed by atoms with E-state index < -0.39 is 5.82 Å². The minimum atomic E-state index is -0.461. The highest BCUT2D eigenvalue weighted by molar-refractivity contribution is 5.97. The van der Waals surface area contributed by atoms with Crippen LogP contribution in [0.1, 0.15) is 12.5 Å². The number of nitrogens with zero attached hydrogens (tertiary/aromatic N) is 2. The quantitative estimate of drug-likeness (QED) is 0.708. The Balaban J connectivity index is 2.36. The molecule has 106 valence electrons. The SMILES string of the molecule is CCc1c(N)cncc1-c1cc2ccncc2c(N)c1F. The van der Waals surface area contributed by atoms with Gasteiger partial charge in [-0.3, -0.25) is 9.97 Å². The van der Waals surface area contributed by atoms with Crippen molar-refractivity contribution in [3.8, 4) is 11.1 Å². The van der Waals surface area contributed by atoms with Crippen LogP contribution >= 0.6 is 0 Å². The Morgan fingerprint density at radius 3 is 2.67 bits per heavy atom. The third-order valence-electron chi connectivity index (χ3n) is 3.65. The Kier molecular flexibility index (Phi) is 3.17. The average Bonchev–Trinajstić information content (AvgIpc) is 2.50. The summed E-state index contributed by atoms with van der Waals surface area (Å²) in [7, 11) is 0. The molecule has 0 aliphatic heterocycles. The lowest BCUT2D eigenvalue weighted by Crippen LogP contribution is -2.01. The molecule has 0 spiro atoms. The maximum Gasteiger partial charge on any atom is 0.154 e. The third-order valence-corrected chi connectivity index (χ3v) is 3.65. The van der Waals surface area contributed by atoms with Crippen LogP contribution < -0.4 is 11.5 Å². The first-order valence-corrected chi connectivity index (χ1v) is 6.68. The van der Waals surface area contributed by atoms with Crippen molar-refractivity contribution in [1.82, 2.24) is 9.97 Å². The molecule has 0 atom stereocenters. The van der Waals surface area contributed by atoms with Gasteiger partial charge in [0.05, 0.1) is 17.6 Å². The number of hydrogen-bond acceptors (Lipinski definition) is 4. The highest BCUT2D eigenvalue weighted by Crippen LogP contribution is 2.35. The Hall–Kier alpha value is -2.69. The van der Waals surface area contributed by atoms with Crippen LogP contribution in [0.25, 0.3) is 21.9 Å². The van der Waals surface area contributed by atoms with Gasteiger partial charge in [0.2, 0.25) is 0 Å². The predicted octanol–water partition coefficient (Wildman–Crippen LogP) is 3.16. The van der Waals surface area contributed by atoms with E-state index in [2.05, 4.69) is 9.97 Å². The molecule has 1 aromatic carbocycles. The Labute approximate surface area is 121 Å². The number of nitrogen functional groups attached to an aromatic ring is 2. The van der Waals surface area contributed by atoms with Gasteiger partial charge in [0, 0.05) is 35.1 Å². The number of anilines is 2. The lowest BCUT2D eigenvalue weighted by Gasteiger charge is -2.13. The van der Waals surface area contributed by atoms with Crippen molar-refractivity contribution in [2.24, 2.45) is 0 Å². The van der Waals surface area contributed by atoms with Crippen molar-refractivity contribution < 1.29 is 4.39 Å². The zero-order chi connectivity index (χ0) is 15.0. The molecule has 5 heteroatoms. The van der Waals surface area contributed by atoms with Crippen molar-refractivity contribution >= 4 is 22.1 Å². The minimum absolute atomic E-state index is 0.0973. The maximum atomic E-state index is 14.6. The molecule has 0 aliphatic rings. The van der Waals surface area contributed by atoms with Gasteiger partial charge in [-0.15, -0.1) is 0 Å². The lowest BCUT2D eigenvalue weighted by atomic mass is 9.96. The molecule has 0 saturated carbocycles. The first-order valence-electron chi connectivity index (χ1n) is 6.68. The standard InChI is InChI=1S/C16H15FN4/c1-2-10-13(7-21-8-14(10)18)11-5-9-3-4-20-6-12(9)16(19)15(11)17/h3-8H,2,18-19H2,1H3. The van der Waals surface area contributed by atoms with Gasteiger partial charge < -0.3 is 11.5 Å². The minimum Gasteiger partial charge on any atom is -0.397 e. The summed E-state index contributed by atoms with van der Waals surface area (Å²) in [6.07, 6.45) is 7.11. The number of rotatable bonds is 2. The molecular weight excluding hydrogens is 267 g/mol. The van der Waals surface area contributed by atoms with E-state index in [0.29, 0.717) is 28.6 Å². The average molecular weight is 282 g/mol. The largest absolute Gasteiger partial charge is 0.397 e. The molecule has 3 rings (SSSR count). The number of aromatic nitrogens is 2. The summed E-state index contributed by atoms with van der Waals surface area (Å²) in [5.74, 6) is -0.461. The fraction of sp³-hybridized carbons (Fsp3) is 0.125. The fourth-order valence-corrected chi connectivity index (χ4v) is 2.56. The summed E-state index contributed by atoms with van der Waals surface area (Å²) >= 11 is 0. The third kappa shape index (κ3) is 2.07. The van der Waals surface area contributed by atoms with E-state index in [1.165, 1.54) is 0 Å². The summed E-state index contributed by atoms with van der Waals surface area (Å²) in [6.45, 7) is 1.97. The predicted molar refractivity (Wildman–Crippen MR) is 83.1 cm³/mol.